The van der Waals surface area contributed by atoms with E-state index in [1.54, 1.807) is 27.7 Å². The molecular formula is C24H24ClNO3. The fraction of sp³-hybridized carbons (Fsp3) is 0.375. The zero-order valence-electron chi connectivity index (χ0n) is 17.1. The van der Waals surface area contributed by atoms with E-state index in [1.807, 2.05) is 30.3 Å². The Bertz CT molecular complexity index is 1030. The lowest BCUT2D eigenvalue weighted by atomic mass is 9.79. The van der Waals surface area contributed by atoms with E-state index in [4.69, 9.17) is 16.3 Å². The van der Waals surface area contributed by atoms with Crippen molar-refractivity contribution in [1.29, 1.82) is 0 Å². The van der Waals surface area contributed by atoms with Gasteiger partial charge in [0, 0.05) is 5.02 Å². The van der Waals surface area contributed by atoms with E-state index in [0.717, 1.165) is 35.1 Å². The van der Waals surface area contributed by atoms with Crippen LogP contribution >= 0.6 is 11.6 Å². The van der Waals surface area contributed by atoms with Crippen molar-refractivity contribution < 1.29 is 9.53 Å². The average molecular weight is 410 g/mol. The normalized spacial score (nSPS) is 20.7. The molecule has 1 aliphatic heterocycles. The highest BCUT2D eigenvalue weighted by atomic mass is 35.5. The first-order chi connectivity index (χ1) is 13.6. The molecule has 5 heteroatoms. The van der Waals surface area contributed by atoms with Gasteiger partial charge in [-0.2, -0.15) is 0 Å². The third kappa shape index (κ3) is 3.56. The minimum Gasteiger partial charge on any atom is -0.355 e. The molecule has 1 heterocycles. The van der Waals surface area contributed by atoms with Crippen LogP contribution in [0.3, 0.4) is 0 Å². The van der Waals surface area contributed by atoms with Gasteiger partial charge < -0.3 is 4.74 Å². The first-order valence-electron chi connectivity index (χ1n) is 9.87. The summed E-state index contributed by atoms with van der Waals surface area (Å²) < 4.78 is 5.96. The van der Waals surface area contributed by atoms with Crippen molar-refractivity contribution in [2.24, 2.45) is 5.18 Å². The van der Waals surface area contributed by atoms with Gasteiger partial charge in [0.1, 0.15) is 16.9 Å². The molecule has 0 spiro atoms. The van der Waals surface area contributed by atoms with Crippen LogP contribution in [-0.4, -0.2) is 17.0 Å². The first-order valence-corrected chi connectivity index (χ1v) is 10.3. The second-order valence-corrected chi connectivity index (χ2v) is 9.29. The highest BCUT2D eigenvalue weighted by Gasteiger charge is 2.48. The number of nitroso groups, excluding NO2 is 1. The number of rotatable bonds is 4. The monoisotopic (exact) mass is 409 g/mol. The van der Waals surface area contributed by atoms with Crippen LogP contribution in [0, 0.1) is 4.91 Å². The summed E-state index contributed by atoms with van der Waals surface area (Å²) in [7, 11) is 0. The number of hydrogen-bond donors (Lipinski definition) is 0. The Morgan fingerprint density at radius 2 is 1.59 bits per heavy atom. The molecular weight excluding hydrogens is 386 g/mol. The second kappa shape index (κ2) is 6.89. The van der Waals surface area contributed by atoms with Gasteiger partial charge in [-0.1, -0.05) is 35.9 Å². The van der Waals surface area contributed by atoms with Crippen LogP contribution in [-0.2, 0) is 9.53 Å². The van der Waals surface area contributed by atoms with Gasteiger partial charge in [0.25, 0.3) is 0 Å². The molecule has 0 radical (unpaired) electrons. The largest absolute Gasteiger partial charge is 0.355 e. The lowest BCUT2D eigenvalue weighted by Gasteiger charge is -2.40. The van der Waals surface area contributed by atoms with Crippen molar-refractivity contribution in [2.75, 3.05) is 0 Å². The molecule has 4 nitrogen and oxygen atoms in total. The fourth-order valence-electron chi connectivity index (χ4n) is 4.19. The Labute approximate surface area is 175 Å². The molecule has 4 rings (SSSR count). The molecule has 150 valence electrons. The molecule has 1 fully saturated rings. The van der Waals surface area contributed by atoms with E-state index in [9.17, 15) is 9.70 Å². The van der Waals surface area contributed by atoms with E-state index in [1.165, 1.54) is 0 Å². The van der Waals surface area contributed by atoms with E-state index in [-0.39, 0.29) is 11.5 Å². The number of carbonyl (C=O) groups is 1. The number of hydrogen-bond acceptors (Lipinski definition) is 4. The Balaban J connectivity index is 1.97. The third-order valence-electron chi connectivity index (χ3n) is 5.70. The van der Waals surface area contributed by atoms with E-state index >= 15 is 0 Å². The molecule has 2 aromatic carbocycles. The SMILES string of the molecule is CC1(C)OC(C)(C)C(N=O)=C(c2cc(-c3ccc(Cl)cc3)ccc2C2CC2)C1=O. The van der Waals surface area contributed by atoms with Gasteiger partial charge in [0.2, 0.25) is 0 Å². The fourth-order valence-corrected chi connectivity index (χ4v) is 4.32. The number of carbonyl (C=O) groups excluding carboxylic acids is 1. The van der Waals surface area contributed by atoms with Gasteiger partial charge in [-0.15, -0.1) is 4.91 Å². The van der Waals surface area contributed by atoms with E-state index < -0.39 is 11.2 Å². The number of ether oxygens (including phenoxy) is 1. The Morgan fingerprint density at radius 1 is 0.966 bits per heavy atom. The maximum Gasteiger partial charge on any atom is 0.196 e. The minimum absolute atomic E-state index is 0.164. The van der Waals surface area contributed by atoms with Crippen molar-refractivity contribution in [3.63, 3.8) is 0 Å². The van der Waals surface area contributed by atoms with Crippen LogP contribution in [0.2, 0.25) is 5.02 Å². The molecule has 2 aliphatic rings. The zero-order valence-corrected chi connectivity index (χ0v) is 17.8. The zero-order chi connectivity index (χ0) is 21.0. The van der Waals surface area contributed by atoms with Gasteiger partial charge in [-0.25, -0.2) is 0 Å². The highest BCUT2D eigenvalue weighted by molar-refractivity contribution is 6.30. The highest BCUT2D eigenvalue weighted by Crippen LogP contribution is 2.48. The lowest BCUT2D eigenvalue weighted by molar-refractivity contribution is -0.152. The summed E-state index contributed by atoms with van der Waals surface area (Å²) in [6.45, 7) is 7.08. The number of nitrogens with zero attached hydrogens (tertiary/aromatic N) is 1. The summed E-state index contributed by atoms with van der Waals surface area (Å²) in [5.74, 6) is 0.202. The smallest absolute Gasteiger partial charge is 0.196 e. The van der Waals surface area contributed by atoms with E-state index in [0.29, 0.717) is 16.5 Å². The predicted molar refractivity (Wildman–Crippen MR) is 116 cm³/mol. The van der Waals surface area contributed by atoms with Gasteiger partial charge >= 0.3 is 0 Å². The van der Waals surface area contributed by atoms with Crippen LogP contribution in [0.1, 0.15) is 57.6 Å². The van der Waals surface area contributed by atoms with Gasteiger partial charge in [-0.05, 0) is 92.1 Å². The molecule has 0 amide bonds. The van der Waals surface area contributed by atoms with Gasteiger partial charge in [0.05, 0.1) is 5.57 Å². The first kappa shape index (κ1) is 20.0. The molecule has 0 unspecified atom stereocenters. The molecule has 1 aliphatic carbocycles. The van der Waals surface area contributed by atoms with E-state index in [2.05, 4.69) is 17.3 Å². The molecule has 0 atom stereocenters. The van der Waals surface area contributed by atoms with Crippen molar-refractivity contribution >= 4 is 23.0 Å². The second-order valence-electron chi connectivity index (χ2n) is 8.85. The molecule has 0 aromatic heterocycles. The molecule has 29 heavy (non-hydrogen) atoms. The van der Waals surface area contributed by atoms with Crippen molar-refractivity contribution in [3.05, 3.63) is 69.2 Å². The van der Waals surface area contributed by atoms with Crippen LogP contribution in [0.25, 0.3) is 16.7 Å². The molecule has 1 saturated carbocycles. The standard InChI is InChI=1S/C24H24ClNO3/c1-23(2)21(26-28)20(22(27)24(3,4)29-23)19-13-16(9-12-18(19)15-5-6-15)14-7-10-17(25)11-8-14/h7-13,15H,5-6H2,1-4H3. The molecule has 0 bridgehead atoms. The van der Waals surface area contributed by atoms with Gasteiger partial charge in [0.15, 0.2) is 5.78 Å². The Morgan fingerprint density at radius 3 is 2.17 bits per heavy atom. The molecule has 2 aromatic rings. The molecule has 0 saturated heterocycles. The summed E-state index contributed by atoms with van der Waals surface area (Å²) in [6, 6.07) is 13.7. The van der Waals surface area contributed by atoms with Gasteiger partial charge in [-0.3, -0.25) is 4.79 Å². The Hall–Kier alpha value is -2.30. The van der Waals surface area contributed by atoms with Crippen LogP contribution in [0.5, 0.6) is 0 Å². The summed E-state index contributed by atoms with van der Waals surface area (Å²) in [5.41, 5.74) is 2.42. The van der Waals surface area contributed by atoms with Crippen LogP contribution in [0.4, 0.5) is 0 Å². The van der Waals surface area contributed by atoms with Crippen molar-refractivity contribution in [1.82, 2.24) is 0 Å². The summed E-state index contributed by atoms with van der Waals surface area (Å²) in [5, 5.41) is 3.94. The topological polar surface area (TPSA) is 55.7 Å². The lowest BCUT2D eigenvalue weighted by Crippen LogP contribution is -2.49. The van der Waals surface area contributed by atoms with Crippen LogP contribution in [0.15, 0.2) is 53.3 Å². The van der Waals surface area contributed by atoms with Crippen molar-refractivity contribution in [3.8, 4) is 11.1 Å². The summed E-state index contributed by atoms with van der Waals surface area (Å²) >= 11 is 6.03. The number of Topliss-reactive ketones (excluding diaryl/α,β-unsaturated/α-hetero) is 1. The molecule has 0 N–H and O–H groups in total. The maximum absolute atomic E-state index is 13.4. The van der Waals surface area contributed by atoms with Crippen molar-refractivity contribution in [2.45, 2.75) is 57.7 Å². The average Bonchev–Trinajstić information content (AvgIpc) is 3.49. The number of benzene rings is 2. The summed E-state index contributed by atoms with van der Waals surface area (Å²) in [6.07, 6.45) is 2.17. The minimum atomic E-state index is -1.04. The number of halogens is 1. The third-order valence-corrected chi connectivity index (χ3v) is 5.95. The predicted octanol–water partition coefficient (Wildman–Crippen LogP) is 6.52. The summed E-state index contributed by atoms with van der Waals surface area (Å²) in [4.78, 5) is 25.2. The number of ketones is 1. The Kier molecular flexibility index (Phi) is 4.75. The quantitative estimate of drug-likeness (QED) is 0.540. The maximum atomic E-state index is 13.4. The van der Waals surface area contributed by atoms with Crippen LogP contribution < -0.4 is 0 Å².